The number of ether oxygens (including phenoxy) is 1. The molecule has 0 aliphatic heterocycles. The number of hydrogen-bond donors (Lipinski definition) is 1. The highest BCUT2D eigenvalue weighted by Gasteiger charge is 2.31. The van der Waals surface area contributed by atoms with Crippen molar-refractivity contribution in [2.45, 2.75) is 23.6 Å². The predicted molar refractivity (Wildman–Crippen MR) is 139 cm³/mol. The number of thioether (sulfide) groups is 1. The summed E-state index contributed by atoms with van der Waals surface area (Å²) in [5.41, 5.74) is 0.440. The summed E-state index contributed by atoms with van der Waals surface area (Å²) < 4.78 is 48.0. The van der Waals surface area contributed by atoms with Crippen LogP contribution in [0, 0.1) is 0 Å². The Morgan fingerprint density at radius 3 is 2.49 bits per heavy atom. The second kappa shape index (κ2) is 12.0. The van der Waals surface area contributed by atoms with Crippen molar-refractivity contribution >= 4 is 45.2 Å². The largest absolute Gasteiger partial charge is 0.484 e. The Balaban J connectivity index is 1.52. The minimum atomic E-state index is -4.51. The van der Waals surface area contributed by atoms with Gasteiger partial charge >= 0.3 is 6.18 Å². The maximum absolute atomic E-state index is 13.4. The summed E-state index contributed by atoms with van der Waals surface area (Å²) in [6.07, 6.45) is -4.51. The van der Waals surface area contributed by atoms with Crippen molar-refractivity contribution in [3.05, 3.63) is 99.2 Å². The molecule has 4 aromatic rings. The number of carbonyl (C=O) groups is 1. The highest BCUT2D eigenvalue weighted by molar-refractivity contribution is 9.10. The number of rotatable bonds is 9. The van der Waals surface area contributed by atoms with Gasteiger partial charge in [0, 0.05) is 15.2 Å². The molecule has 1 aromatic heterocycles. The Labute approximate surface area is 228 Å². The van der Waals surface area contributed by atoms with Crippen LogP contribution in [0.4, 0.5) is 13.2 Å². The molecule has 0 radical (unpaired) electrons. The van der Waals surface area contributed by atoms with Crippen molar-refractivity contribution in [3.63, 3.8) is 0 Å². The number of nitrogens with zero attached hydrogens (tertiary/aromatic N) is 3. The van der Waals surface area contributed by atoms with Crippen LogP contribution >= 0.6 is 39.3 Å². The molecule has 4 rings (SSSR count). The van der Waals surface area contributed by atoms with E-state index in [1.807, 2.05) is 24.3 Å². The molecule has 1 N–H and O–H groups in total. The van der Waals surface area contributed by atoms with Crippen LogP contribution in [0.5, 0.6) is 5.75 Å². The molecule has 0 spiro atoms. The van der Waals surface area contributed by atoms with Gasteiger partial charge in [-0.1, -0.05) is 57.5 Å². The summed E-state index contributed by atoms with van der Waals surface area (Å²) in [5, 5.41) is 11.9. The van der Waals surface area contributed by atoms with Gasteiger partial charge in [-0.15, -0.1) is 10.2 Å². The highest BCUT2D eigenvalue weighted by Crippen LogP contribution is 2.32. The molecule has 0 atom stereocenters. The molecule has 0 saturated heterocycles. The SMILES string of the molecule is O=C(COc1ccc(Cl)cc1)NCc1nnc(SCc2ccc(Br)cc2)n1-c1cccc(C(F)(F)F)c1. The lowest BCUT2D eigenvalue weighted by Gasteiger charge is -2.14. The number of nitrogens with one attached hydrogen (secondary N) is 1. The lowest BCUT2D eigenvalue weighted by molar-refractivity contribution is -0.137. The van der Waals surface area contributed by atoms with Gasteiger partial charge in [0.05, 0.1) is 17.8 Å². The van der Waals surface area contributed by atoms with E-state index in [1.165, 1.54) is 28.5 Å². The number of aromatic nitrogens is 3. The van der Waals surface area contributed by atoms with Crippen LogP contribution in [0.15, 0.2) is 82.4 Å². The van der Waals surface area contributed by atoms with E-state index in [4.69, 9.17) is 16.3 Å². The standard InChI is InChI=1S/C25H19BrClF3N4O2S/c26-18-6-4-16(5-7-18)15-37-24-33-32-22(34(24)20-3-1-2-17(12-20)25(28,29)30)13-31-23(35)14-36-21-10-8-19(27)9-11-21/h1-12H,13-15H2,(H,31,35). The summed E-state index contributed by atoms with van der Waals surface area (Å²) in [5.74, 6) is 0.833. The number of halogens is 5. The van der Waals surface area contributed by atoms with Crippen molar-refractivity contribution in [3.8, 4) is 11.4 Å². The van der Waals surface area contributed by atoms with Crippen LogP contribution in [0.2, 0.25) is 5.02 Å². The monoisotopic (exact) mass is 610 g/mol. The zero-order chi connectivity index (χ0) is 26.4. The Kier molecular flexibility index (Phi) is 8.78. The molecule has 6 nitrogen and oxygen atoms in total. The first-order valence-corrected chi connectivity index (χ1v) is 13.0. The van der Waals surface area contributed by atoms with Gasteiger partial charge in [0.25, 0.3) is 5.91 Å². The Morgan fingerprint density at radius 2 is 1.78 bits per heavy atom. The summed E-state index contributed by atoms with van der Waals surface area (Å²) in [6.45, 7) is -0.324. The first-order chi connectivity index (χ1) is 17.7. The minimum absolute atomic E-state index is 0.0646. The summed E-state index contributed by atoms with van der Waals surface area (Å²) in [7, 11) is 0. The Morgan fingerprint density at radius 1 is 1.05 bits per heavy atom. The molecule has 0 aliphatic carbocycles. The van der Waals surface area contributed by atoms with E-state index >= 15 is 0 Å². The second-order valence-electron chi connectivity index (χ2n) is 7.72. The molecule has 0 bridgehead atoms. The van der Waals surface area contributed by atoms with Crippen molar-refractivity contribution in [2.24, 2.45) is 0 Å². The molecule has 37 heavy (non-hydrogen) atoms. The lowest BCUT2D eigenvalue weighted by Crippen LogP contribution is -2.29. The van der Waals surface area contributed by atoms with Crippen molar-refractivity contribution in [1.29, 1.82) is 0 Å². The number of carbonyl (C=O) groups excluding carboxylic acids is 1. The van der Waals surface area contributed by atoms with Crippen LogP contribution in [-0.2, 0) is 23.3 Å². The van der Waals surface area contributed by atoms with Crippen molar-refractivity contribution in [2.75, 3.05) is 6.61 Å². The van der Waals surface area contributed by atoms with Gasteiger partial charge in [0.2, 0.25) is 0 Å². The van der Waals surface area contributed by atoms with Crippen molar-refractivity contribution < 1.29 is 22.7 Å². The van der Waals surface area contributed by atoms with Gasteiger partial charge in [-0.3, -0.25) is 9.36 Å². The Bertz CT molecular complexity index is 1370. The number of hydrogen-bond acceptors (Lipinski definition) is 5. The molecule has 12 heteroatoms. The summed E-state index contributed by atoms with van der Waals surface area (Å²) in [4.78, 5) is 12.4. The van der Waals surface area contributed by atoms with Gasteiger partial charge < -0.3 is 10.1 Å². The molecule has 0 fully saturated rings. The Hall–Kier alpha value is -3.02. The summed E-state index contributed by atoms with van der Waals surface area (Å²) >= 11 is 10.6. The van der Waals surface area contributed by atoms with E-state index in [0.717, 1.165) is 22.2 Å². The third-order valence-corrected chi connectivity index (χ3v) is 6.82. The number of amides is 1. The fraction of sp³-hybridized carbons (Fsp3) is 0.160. The molecule has 1 amide bonds. The molecular formula is C25H19BrClF3N4O2S. The fourth-order valence-corrected chi connectivity index (χ4v) is 4.54. The van der Waals surface area contributed by atoms with E-state index in [-0.39, 0.29) is 24.7 Å². The first-order valence-electron chi connectivity index (χ1n) is 10.8. The van der Waals surface area contributed by atoms with Crippen LogP contribution in [0.1, 0.15) is 17.0 Å². The number of alkyl halides is 3. The van der Waals surface area contributed by atoms with Crippen LogP contribution in [0.25, 0.3) is 5.69 Å². The predicted octanol–water partition coefficient (Wildman–Crippen LogP) is 6.69. The van der Waals surface area contributed by atoms with Gasteiger partial charge in [-0.2, -0.15) is 13.2 Å². The van der Waals surface area contributed by atoms with Crippen molar-refractivity contribution in [1.82, 2.24) is 20.1 Å². The number of benzene rings is 3. The van der Waals surface area contributed by atoms with Gasteiger partial charge in [-0.25, -0.2) is 0 Å². The van der Waals surface area contributed by atoms with E-state index in [9.17, 15) is 18.0 Å². The first kappa shape index (κ1) is 27.0. The smallest absolute Gasteiger partial charge is 0.416 e. The average molecular weight is 612 g/mol. The molecule has 0 saturated carbocycles. The molecule has 1 heterocycles. The fourth-order valence-electron chi connectivity index (χ4n) is 3.23. The molecule has 192 valence electrons. The lowest BCUT2D eigenvalue weighted by atomic mass is 10.2. The topological polar surface area (TPSA) is 69.0 Å². The zero-order valence-electron chi connectivity index (χ0n) is 19.0. The normalized spacial score (nSPS) is 11.4. The second-order valence-corrected chi connectivity index (χ2v) is 10.0. The van der Waals surface area contributed by atoms with E-state index in [0.29, 0.717) is 21.7 Å². The maximum Gasteiger partial charge on any atom is 0.416 e. The third kappa shape index (κ3) is 7.50. The average Bonchev–Trinajstić information content (AvgIpc) is 3.29. The van der Waals surface area contributed by atoms with E-state index in [2.05, 4.69) is 31.4 Å². The van der Waals surface area contributed by atoms with Crippen LogP contribution in [0.3, 0.4) is 0 Å². The quantitative estimate of drug-likeness (QED) is 0.214. The molecular weight excluding hydrogens is 593 g/mol. The maximum atomic E-state index is 13.4. The molecule has 0 aliphatic rings. The molecule has 3 aromatic carbocycles. The molecule has 0 unspecified atom stereocenters. The van der Waals surface area contributed by atoms with Crippen LogP contribution in [-0.4, -0.2) is 27.3 Å². The minimum Gasteiger partial charge on any atom is -0.484 e. The zero-order valence-corrected chi connectivity index (χ0v) is 22.2. The highest BCUT2D eigenvalue weighted by atomic mass is 79.9. The van der Waals surface area contributed by atoms with Gasteiger partial charge in [0.1, 0.15) is 5.75 Å². The van der Waals surface area contributed by atoms with Gasteiger partial charge in [0.15, 0.2) is 17.6 Å². The van der Waals surface area contributed by atoms with E-state index < -0.39 is 17.6 Å². The third-order valence-electron chi connectivity index (χ3n) is 5.04. The summed E-state index contributed by atoms with van der Waals surface area (Å²) in [6, 6.07) is 19.1. The van der Waals surface area contributed by atoms with Gasteiger partial charge in [-0.05, 0) is 60.2 Å². The van der Waals surface area contributed by atoms with Crippen LogP contribution < -0.4 is 10.1 Å². The van der Waals surface area contributed by atoms with E-state index in [1.54, 1.807) is 24.3 Å².